The van der Waals surface area contributed by atoms with Crippen LogP contribution in [-0.2, 0) is 4.57 Å². The summed E-state index contributed by atoms with van der Waals surface area (Å²) in [5, 5.41) is 0. The molecule has 0 saturated heterocycles. The number of hydrogen-bond donors (Lipinski definition) is 0. The molecule has 0 aromatic heterocycles. The predicted molar refractivity (Wildman–Crippen MR) is 74.1 cm³/mol. The summed E-state index contributed by atoms with van der Waals surface area (Å²) in [6.45, 7) is 0. The van der Waals surface area contributed by atoms with Crippen molar-refractivity contribution < 1.29 is 9.30 Å². The van der Waals surface area contributed by atoms with Crippen molar-refractivity contribution in [1.82, 2.24) is 0 Å². The van der Waals surface area contributed by atoms with Crippen LogP contribution in [0.2, 0.25) is 0 Å². The Morgan fingerprint density at radius 3 is 2.39 bits per heavy atom. The number of ether oxygens (including phenoxy) is 1. The van der Waals surface area contributed by atoms with Crippen LogP contribution in [0.4, 0.5) is 0 Å². The first kappa shape index (κ1) is 12.5. The fraction of sp³-hybridized carbons (Fsp3) is 0.0667. The van der Waals surface area contributed by atoms with E-state index in [0.29, 0.717) is 0 Å². The maximum Gasteiger partial charge on any atom is 0.184 e. The molecule has 0 bridgehead atoms. The second-order valence-corrected chi connectivity index (χ2v) is 4.18. The third kappa shape index (κ3) is 2.66. The predicted octanol–water partition coefficient (Wildman–Crippen LogP) is 4.38. The first-order chi connectivity index (χ1) is 8.86. The zero-order valence-electron chi connectivity index (χ0n) is 10.0. The van der Waals surface area contributed by atoms with Crippen LogP contribution in [0, 0.1) is 0 Å². The van der Waals surface area contributed by atoms with Crippen molar-refractivity contribution in [2.75, 3.05) is 7.11 Å². The van der Waals surface area contributed by atoms with E-state index in [1.807, 2.05) is 54.6 Å². The number of rotatable bonds is 4. The topological polar surface area (TPSA) is 26.3 Å². The third-order valence-corrected chi connectivity index (χ3v) is 3.03. The Balaban J connectivity index is 2.56. The maximum atomic E-state index is 10.9. The molecule has 90 valence electrons. The molecular formula is C15H13O2P. The van der Waals surface area contributed by atoms with Crippen LogP contribution in [0.1, 0.15) is 11.1 Å². The molecule has 0 spiro atoms. The van der Waals surface area contributed by atoms with Crippen molar-refractivity contribution in [2.24, 2.45) is 0 Å². The maximum absolute atomic E-state index is 10.9. The molecule has 2 nitrogen and oxygen atoms in total. The molecular weight excluding hydrogens is 243 g/mol. The molecule has 2 aromatic rings. The summed E-state index contributed by atoms with van der Waals surface area (Å²) in [6, 6.07) is 17.6. The number of hydrogen-bond acceptors (Lipinski definition) is 2. The lowest BCUT2D eigenvalue weighted by atomic mass is 9.99. The van der Waals surface area contributed by atoms with E-state index in [4.69, 9.17) is 4.74 Å². The summed E-state index contributed by atoms with van der Waals surface area (Å²) in [5.74, 6) is 2.43. The highest BCUT2D eigenvalue weighted by Gasteiger charge is 2.09. The number of para-hydroxylation sites is 1. The van der Waals surface area contributed by atoms with E-state index in [-0.39, 0.29) is 8.46 Å². The first-order valence-corrected chi connectivity index (χ1v) is 6.46. The molecule has 3 heteroatoms. The molecule has 0 amide bonds. The molecule has 0 fully saturated rings. The average molecular weight is 256 g/mol. The van der Waals surface area contributed by atoms with Crippen LogP contribution in [0.15, 0.2) is 60.4 Å². The number of benzene rings is 2. The highest BCUT2D eigenvalue weighted by Crippen LogP contribution is 2.32. The molecule has 0 heterocycles. The van der Waals surface area contributed by atoms with Gasteiger partial charge in [-0.2, -0.15) is 0 Å². The Kier molecular flexibility index (Phi) is 4.27. The van der Waals surface area contributed by atoms with E-state index in [9.17, 15) is 4.57 Å². The molecule has 0 unspecified atom stereocenters. The van der Waals surface area contributed by atoms with Crippen LogP contribution < -0.4 is 4.74 Å². The van der Waals surface area contributed by atoms with Crippen LogP contribution in [0.5, 0.6) is 5.75 Å². The lowest BCUT2D eigenvalue weighted by Crippen LogP contribution is -1.92. The molecule has 0 saturated carbocycles. The Hall–Kier alpha value is -1.92. The summed E-state index contributed by atoms with van der Waals surface area (Å²) in [4.78, 5) is 0. The second-order valence-electron chi connectivity index (χ2n) is 3.71. The van der Waals surface area contributed by atoms with Crippen LogP contribution in [-0.4, -0.2) is 7.11 Å². The Labute approximate surface area is 108 Å². The Bertz CT molecular complexity index is 562. The molecule has 18 heavy (non-hydrogen) atoms. The lowest BCUT2D eigenvalue weighted by molar-refractivity contribution is 0.413. The summed E-state index contributed by atoms with van der Waals surface area (Å²) in [5.41, 5.74) is 2.87. The third-order valence-electron chi connectivity index (χ3n) is 2.66. The minimum absolute atomic E-state index is 0.0148. The zero-order chi connectivity index (χ0) is 12.8. The van der Waals surface area contributed by atoms with Crippen molar-refractivity contribution in [2.45, 2.75) is 0 Å². The van der Waals surface area contributed by atoms with Crippen molar-refractivity contribution in [1.29, 1.82) is 0 Å². The van der Waals surface area contributed by atoms with Gasteiger partial charge in [-0.05, 0) is 11.6 Å². The highest BCUT2D eigenvalue weighted by molar-refractivity contribution is 7.28. The molecule has 0 aliphatic rings. The lowest BCUT2D eigenvalue weighted by Gasteiger charge is -2.11. The monoisotopic (exact) mass is 256 g/mol. The van der Waals surface area contributed by atoms with Crippen LogP contribution in [0.25, 0.3) is 5.57 Å². The van der Waals surface area contributed by atoms with E-state index in [0.717, 1.165) is 22.4 Å². The standard InChI is InChI=1S/C15H13O2P/c1-17-15-10-6-5-9-13(15)14(11-18-16)12-7-3-2-4-8-12/h2-11H,1H3. The quantitative estimate of drug-likeness (QED) is 0.759. The molecule has 0 aliphatic carbocycles. The van der Waals surface area contributed by atoms with Crippen molar-refractivity contribution >= 4 is 14.0 Å². The van der Waals surface area contributed by atoms with Crippen molar-refractivity contribution in [3.05, 3.63) is 71.5 Å². The van der Waals surface area contributed by atoms with Gasteiger partial charge in [0.25, 0.3) is 0 Å². The molecule has 0 atom stereocenters. The van der Waals surface area contributed by atoms with Crippen molar-refractivity contribution in [3.63, 3.8) is 0 Å². The van der Waals surface area contributed by atoms with Gasteiger partial charge in [-0.25, -0.2) is 0 Å². The van der Waals surface area contributed by atoms with E-state index in [1.54, 1.807) is 12.9 Å². The normalized spacial score (nSPS) is 11.5. The van der Waals surface area contributed by atoms with Gasteiger partial charge >= 0.3 is 0 Å². The van der Waals surface area contributed by atoms with E-state index >= 15 is 0 Å². The SMILES string of the molecule is COc1ccccc1C(=CP=O)c1ccccc1. The minimum atomic E-state index is -0.0148. The van der Waals surface area contributed by atoms with Crippen LogP contribution in [0.3, 0.4) is 0 Å². The Morgan fingerprint density at radius 1 is 1.06 bits per heavy atom. The Morgan fingerprint density at radius 2 is 1.72 bits per heavy atom. The van der Waals surface area contributed by atoms with Gasteiger partial charge in [0.05, 0.1) is 7.11 Å². The van der Waals surface area contributed by atoms with Crippen LogP contribution >= 0.6 is 8.46 Å². The number of methoxy groups -OCH3 is 1. The van der Waals surface area contributed by atoms with Gasteiger partial charge in [-0.1, -0.05) is 48.5 Å². The largest absolute Gasteiger partial charge is 0.496 e. The van der Waals surface area contributed by atoms with Gasteiger partial charge in [-0.15, -0.1) is 0 Å². The summed E-state index contributed by atoms with van der Waals surface area (Å²) in [7, 11) is 1.62. The van der Waals surface area contributed by atoms with Crippen molar-refractivity contribution in [3.8, 4) is 5.75 Å². The average Bonchev–Trinajstić information content (AvgIpc) is 2.46. The van der Waals surface area contributed by atoms with E-state index in [1.165, 1.54) is 0 Å². The van der Waals surface area contributed by atoms with Gasteiger partial charge in [0.2, 0.25) is 0 Å². The van der Waals surface area contributed by atoms with Gasteiger partial charge in [0.1, 0.15) is 5.75 Å². The minimum Gasteiger partial charge on any atom is -0.496 e. The van der Waals surface area contributed by atoms with Gasteiger partial charge < -0.3 is 4.74 Å². The van der Waals surface area contributed by atoms with Gasteiger partial charge in [0.15, 0.2) is 8.46 Å². The highest BCUT2D eigenvalue weighted by atomic mass is 31.1. The fourth-order valence-corrected chi connectivity index (χ4v) is 2.23. The van der Waals surface area contributed by atoms with E-state index < -0.39 is 0 Å². The smallest absolute Gasteiger partial charge is 0.184 e. The van der Waals surface area contributed by atoms with Gasteiger partial charge in [0, 0.05) is 17.0 Å². The fourth-order valence-electron chi connectivity index (χ4n) is 1.84. The first-order valence-electron chi connectivity index (χ1n) is 5.58. The molecule has 2 aromatic carbocycles. The summed E-state index contributed by atoms with van der Waals surface area (Å²) >= 11 is 0. The zero-order valence-corrected chi connectivity index (χ0v) is 10.9. The molecule has 0 radical (unpaired) electrons. The molecule has 2 rings (SSSR count). The summed E-state index contributed by atoms with van der Waals surface area (Å²) < 4.78 is 16.3. The van der Waals surface area contributed by atoms with Gasteiger partial charge in [-0.3, -0.25) is 4.57 Å². The molecule has 0 N–H and O–H groups in total. The van der Waals surface area contributed by atoms with E-state index in [2.05, 4.69) is 0 Å². The second kappa shape index (κ2) is 6.13. The molecule has 0 aliphatic heterocycles. The summed E-state index contributed by atoms with van der Waals surface area (Å²) in [6.07, 6.45) is 0.